The van der Waals surface area contributed by atoms with Gasteiger partial charge in [-0.15, -0.1) is 0 Å². The third-order valence-corrected chi connectivity index (χ3v) is 6.21. The van der Waals surface area contributed by atoms with Crippen LogP contribution in [0.4, 0.5) is 35.2 Å². The van der Waals surface area contributed by atoms with E-state index in [4.69, 9.17) is 11.6 Å². The van der Waals surface area contributed by atoms with E-state index in [1.807, 2.05) is 6.07 Å². The summed E-state index contributed by atoms with van der Waals surface area (Å²) in [5, 5.41) is 8.85. The van der Waals surface area contributed by atoms with Gasteiger partial charge in [-0.3, -0.25) is 9.36 Å². The first-order chi connectivity index (χ1) is 17.2. The van der Waals surface area contributed by atoms with Gasteiger partial charge in [-0.25, -0.2) is 22.9 Å². The van der Waals surface area contributed by atoms with Gasteiger partial charge < -0.3 is 16.0 Å². The third-order valence-electron chi connectivity index (χ3n) is 5.91. The van der Waals surface area contributed by atoms with Crippen molar-refractivity contribution in [1.29, 1.82) is 0 Å². The second kappa shape index (κ2) is 9.19. The first-order valence-corrected chi connectivity index (χ1v) is 11.4. The highest BCUT2D eigenvalue weighted by Gasteiger charge is 2.30. The number of carbonyl (C=O) groups excluding carboxylic acids is 1. The van der Waals surface area contributed by atoms with Crippen LogP contribution in [0.25, 0.3) is 16.5 Å². The van der Waals surface area contributed by atoms with Crippen LogP contribution in [-0.4, -0.2) is 22.6 Å². The van der Waals surface area contributed by atoms with Crippen LogP contribution in [0.5, 0.6) is 0 Å². The minimum atomic E-state index is -0.993. The first-order valence-electron chi connectivity index (χ1n) is 11.0. The molecule has 1 saturated carbocycles. The molecule has 2 aromatic carbocycles. The fraction of sp³-hybridized carbons (Fsp3) is 0.160. The number of halogens is 4. The van der Waals surface area contributed by atoms with Gasteiger partial charge in [-0.05, 0) is 54.5 Å². The summed E-state index contributed by atoms with van der Waals surface area (Å²) in [5.74, 6) is -1.96. The first kappa shape index (κ1) is 23.7. The van der Waals surface area contributed by atoms with E-state index < -0.39 is 23.5 Å². The molecule has 0 unspecified atom stereocenters. The summed E-state index contributed by atoms with van der Waals surface area (Å²) >= 11 is 6.32. The molecule has 0 bridgehead atoms. The molecule has 36 heavy (non-hydrogen) atoms. The highest BCUT2D eigenvalue weighted by atomic mass is 35.5. The molecule has 2 heterocycles. The summed E-state index contributed by atoms with van der Waals surface area (Å²) in [6.07, 6.45) is 4.93. The Bertz CT molecular complexity index is 1590. The maximum absolute atomic E-state index is 14.7. The molecule has 0 atom stereocenters. The number of nitrogens with zero attached hydrogens (tertiary/aromatic N) is 2. The highest BCUT2D eigenvalue weighted by molar-refractivity contribution is 6.32. The number of benzene rings is 2. The summed E-state index contributed by atoms with van der Waals surface area (Å²) in [4.78, 5) is 30.2. The van der Waals surface area contributed by atoms with Crippen LogP contribution >= 0.6 is 11.6 Å². The van der Waals surface area contributed by atoms with Crippen LogP contribution in [0.15, 0.2) is 53.6 Å². The molecule has 184 valence electrons. The van der Waals surface area contributed by atoms with Crippen molar-refractivity contribution >= 4 is 45.6 Å². The monoisotopic (exact) mass is 513 g/mol. The van der Waals surface area contributed by atoms with Gasteiger partial charge in [0.2, 0.25) is 0 Å². The molecular weight excluding hydrogens is 495 g/mol. The quantitative estimate of drug-likeness (QED) is 0.304. The topological polar surface area (TPSA) is 88.0 Å². The molecule has 7 nitrogen and oxygen atoms in total. The lowest BCUT2D eigenvalue weighted by molar-refractivity contribution is 0.262. The second-order valence-electron chi connectivity index (χ2n) is 8.39. The van der Waals surface area contributed by atoms with Crippen molar-refractivity contribution in [3.8, 4) is 5.69 Å². The van der Waals surface area contributed by atoms with Gasteiger partial charge in [0.1, 0.15) is 23.3 Å². The number of aromatic nitrogens is 2. The van der Waals surface area contributed by atoms with Crippen molar-refractivity contribution < 1.29 is 18.0 Å². The van der Waals surface area contributed by atoms with Crippen molar-refractivity contribution in [3.63, 3.8) is 0 Å². The fourth-order valence-electron chi connectivity index (χ4n) is 4.01. The van der Waals surface area contributed by atoms with Crippen LogP contribution in [0.3, 0.4) is 0 Å². The molecule has 3 N–H and O–H groups in total. The van der Waals surface area contributed by atoms with Gasteiger partial charge >= 0.3 is 6.03 Å². The van der Waals surface area contributed by atoms with E-state index >= 15 is 0 Å². The Morgan fingerprint density at radius 3 is 2.47 bits per heavy atom. The maximum Gasteiger partial charge on any atom is 0.323 e. The largest absolute Gasteiger partial charge is 0.373 e. The fourth-order valence-corrected chi connectivity index (χ4v) is 4.25. The maximum atomic E-state index is 14.7. The molecular formula is C25H19ClF3N5O2. The van der Waals surface area contributed by atoms with Gasteiger partial charge in [-0.2, -0.15) is 0 Å². The smallest absolute Gasteiger partial charge is 0.323 e. The number of nitrogens with one attached hydrogen (secondary N) is 3. The Balaban J connectivity index is 1.54. The molecule has 2 amide bonds. The van der Waals surface area contributed by atoms with Crippen LogP contribution in [0.1, 0.15) is 24.3 Å². The average molecular weight is 514 g/mol. The predicted molar refractivity (Wildman–Crippen MR) is 133 cm³/mol. The van der Waals surface area contributed by atoms with E-state index in [0.29, 0.717) is 22.8 Å². The average Bonchev–Trinajstić information content (AvgIpc) is 3.67. The minimum absolute atomic E-state index is 0.0500. The number of anilines is 3. The molecule has 0 radical (unpaired) electrons. The Morgan fingerprint density at radius 2 is 1.78 bits per heavy atom. The lowest BCUT2D eigenvalue weighted by Gasteiger charge is -2.16. The Hall–Kier alpha value is -4.05. The number of hydrogen-bond donors (Lipinski definition) is 3. The molecule has 1 fully saturated rings. The standard InChI is InChI=1S/C25H19ClF3N5O2/c1-30-22-7-15-13(10-31-22)11-34(24(35)23(15)12-2-3-12)21-9-20(18(29)8-16(21)26)33-25(36)32-19-5-4-14(27)6-17(19)28/h4-12,30H,2-3H2,1H3,(H2,32,33,36). The zero-order chi connectivity index (χ0) is 25.6. The predicted octanol–water partition coefficient (Wildman–Crippen LogP) is 6.02. The van der Waals surface area contributed by atoms with Crippen LogP contribution in [0, 0.1) is 17.5 Å². The molecule has 1 aliphatic carbocycles. The van der Waals surface area contributed by atoms with E-state index in [1.165, 1.54) is 10.6 Å². The molecule has 0 saturated heterocycles. The van der Waals surface area contributed by atoms with Crippen molar-refractivity contribution in [2.45, 2.75) is 18.8 Å². The zero-order valence-electron chi connectivity index (χ0n) is 18.8. The van der Waals surface area contributed by atoms with Crippen LogP contribution in [0.2, 0.25) is 5.02 Å². The summed E-state index contributed by atoms with van der Waals surface area (Å²) in [7, 11) is 1.74. The highest BCUT2D eigenvalue weighted by Crippen LogP contribution is 2.42. The second-order valence-corrected chi connectivity index (χ2v) is 8.79. The van der Waals surface area contributed by atoms with Crippen LogP contribution in [-0.2, 0) is 0 Å². The molecule has 1 aliphatic rings. The van der Waals surface area contributed by atoms with Gasteiger partial charge in [-0.1, -0.05) is 11.6 Å². The molecule has 2 aromatic heterocycles. The number of carbonyl (C=O) groups is 1. The molecule has 11 heteroatoms. The number of amides is 2. The van der Waals surface area contributed by atoms with Crippen molar-refractivity contribution in [2.75, 3.05) is 23.0 Å². The van der Waals surface area contributed by atoms with E-state index in [2.05, 4.69) is 20.9 Å². The number of rotatable bonds is 5. The van der Waals surface area contributed by atoms with Gasteiger partial charge in [0, 0.05) is 36.5 Å². The number of pyridine rings is 2. The molecule has 4 aromatic rings. The molecule has 0 aliphatic heterocycles. The third kappa shape index (κ3) is 4.47. The summed E-state index contributed by atoms with van der Waals surface area (Å²) in [5.41, 5.74) is -0.135. The normalized spacial score (nSPS) is 13.0. The number of hydrogen-bond acceptors (Lipinski definition) is 4. The van der Waals surface area contributed by atoms with Gasteiger partial charge in [0.15, 0.2) is 0 Å². The van der Waals surface area contributed by atoms with E-state index in [9.17, 15) is 22.8 Å². The van der Waals surface area contributed by atoms with Crippen LogP contribution < -0.4 is 21.5 Å². The zero-order valence-corrected chi connectivity index (χ0v) is 19.6. The number of urea groups is 1. The van der Waals surface area contributed by atoms with Crippen molar-refractivity contribution in [3.05, 3.63) is 87.2 Å². The SMILES string of the molecule is CNc1cc2c(C3CC3)c(=O)n(-c3cc(NC(=O)Nc4ccc(F)cc4F)c(F)cc3Cl)cc2cn1. The van der Waals surface area contributed by atoms with Crippen molar-refractivity contribution in [1.82, 2.24) is 9.55 Å². The van der Waals surface area contributed by atoms with E-state index in [-0.39, 0.29) is 33.6 Å². The molecule has 5 rings (SSSR count). The summed E-state index contributed by atoms with van der Waals surface area (Å²) in [6.45, 7) is 0. The minimum Gasteiger partial charge on any atom is -0.373 e. The van der Waals surface area contributed by atoms with Gasteiger partial charge in [0.25, 0.3) is 5.56 Å². The lowest BCUT2D eigenvalue weighted by Crippen LogP contribution is -2.24. The Kier molecular flexibility index (Phi) is 6.05. The van der Waals surface area contributed by atoms with E-state index in [0.717, 1.165) is 36.4 Å². The molecule has 0 spiro atoms. The summed E-state index contributed by atoms with van der Waals surface area (Å²) in [6, 6.07) is 5.65. The van der Waals surface area contributed by atoms with Crippen molar-refractivity contribution in [2.24, 2.45) is 0 Å². The Morgan fingerprint density at radius 1 is 1.06 bits per heavy atom. The number of fused-ring (bicyclic) bond motifs is 1. The lowest BCUT2D eigenvalue weighted by atomic mass is 10.0. The van der Waals surface area contributed by atoms with Gasteiger partial charge in [0.05, 0.1) is 22.1 Å². The summed E-state index contributed by atoms with van der Waals surface area (Å²) < 4.78 is 43.0. The Labute approximate surface area is 207 Å². The van der Waals surface area contributed by atoms with E-state index in [1.54, 1.807) is 19.4 Å².